The summed E-state index contributed by atoms with van der Waals surface area (Å²) in [6, 6.07) is 5.02. The molecule has 9 nitrogen and oxygen atoms in total. The highest BCUT2D eigenvalue weighted by Crippen LogP contribution is 2.30. The van der Waals surface area contributed by atoms with Gasteiger partial charge in [0.1, 0.15) is 17.3 Å². The smallest absolute Gasteiger partial charge is 0.275 e. The fourth-order valence-electron chi connectivity index (χ4n) is 4.19. The van der Waals surface area contributed by atoms with E-state index in [1.807, 2.05) is 22.9 Å². The Kier molecular flexibility index (Phi) is 5.68. The Balaban J connectivity index is 1.67. The number of para-hydroxylation sites is 1. The van der Waals surface area contributed by atoms with Crippen LogP contribution >= 0.6 is 0 Å². The molecule has 1 aromatic carbocycles. The lowest BCUT2D eigenvalue weighted by Crippen LogP contribution is -2.43. The largest absolute Gasteiger partial charge is 0.494 e. The number of ether oxygens (including phenoxy) is 2. The third-order valence-corrected chi connectivity index (χ3v) is 5.73. The van der Waals surface area contributed by atoms with Crippen molar-refractivity contribution in [2.45, 2.75) is 25.4 Å². The van der Waals surface area contributed by atoms with E-state index in [0.717, 1.165) is 50.2 Å². The van der Waals surface area contributed by atoms with Gasteiger partial charge in [-0.2, -0.15) is 5.10 Å². The number of amides is 2. The molecule has 0 saturated carbocycles. The molecular weight excluding hydrogens is 374 g/mol. The maximum atomic E-state index is 13.3. The minimum absolute atomic E-state index is 0.255. The van der Waals surface area contributed by atoms with Gasteiger partial charge in [0.2, 0.25) is 5.91 Å². The number of likely N-dealkylation sites (tertiary alicyclic amines) is 1. The summed E-state index contributed by atoms with van der Waals surface area (Å²) in [7, 11) is 1.61. The number of hydrogen-bond donors (Lipinski definition) is 1. The number of carbonyl (C=O) groups excluding carboxylic acids is 2. The van der Waals surface area contributed by atoms with Crippen molar-refractivity contribution in [3.05, 3.63) is 23.9 Å². The number of nitrogens with two attached hydrogens (primary N) is 1. The summed E-state index contributed by atoms with van der Waals surface area (Å²) < 4.78 is 12.8. The Hall–Kier alpha value is -2.65. The van der Waals surface area contributed by atoms with Gasteiger partial charge in [0.25, 0.3) is 5.91 Å². The minimum Gasteiger partial charge on any atom is -0.494 e. The van der Waals surface area contributed by atoms with E-state index in [1.54, 1.807) is 12.0 Å². The number of primary amides is 1. The van der Waals surface area contributed by atoms with E-state index in [1.165, 1.54) is 0 Å². The molecule has 156 valence electrons. The normalized spacial score (nSPS) is 20.3. The molecule has 9 heteroatoms. The molecule has 1 atom stereocenters. The molecule has 0 radical (unpaired) electrons. The monoisotopic (exact) mass is 401 g/mol. The average Bonchev–Trinajstić information content (AvgIpc) is 3.38. The molecule has 1 aromatic heterocycles. The van der Waals surface area contributed by atoms with E-state index >= 15 is 0 Å². The standard InChI is InChI=1S/C20H27N5O4/c1-28-16-6-2-4-14-17(20(27)24-7-3-5-15(24)19(21)26)22-25(18(14)16)9-8-23-10-12-29-13-11-23/h2,4,6,15H,3,5,7-13H2,1H3,(H2,21,26)/t15-/m0/s1. The average molecular weight is 401 g/mol. The minimum atomic E-state index is -0.568. The topological polar surface area (TPSA) is 103 Å². The third kappa shape index (κ3) is 3.79. The molecule has 2 aromatic rings. The molecule has 2 aliphatic rings. The van der Waals surface area contributed by atoms with Crippen molar-refractivity contribution in [1.29, 1.82) is 0 Å². The second-order valence-electron chi connectivity index (χ2n) is 7.44. The number of fused-ring (bicyclic) bond motifs is 1. The maximum absolute atomic E-state index is 13.3. The Morgan fingerprint density at radius 3 is 2.76 bits per heavy atom. The van der Waals surface area contributed by atoms with E-state index in [4.69, 9.17) is 15.2 Å². The summed E-state index contributed by atoms with van der Waals surface area (Å²) in [6.45, 7) is 5.18. The summed E-state index contributed by atoms with van der Waals surface area (Å²) in [5.41, 5.74) is 6.64. The van der Waals surface area contributed by atoms with Crippen LogP contribution < -0.4 is 10.5 Å². The van der Waals surface area contributed by atoms with Gasteiger partial charge in [-0.15, -0.1) is 0 Å². The fourth-order valence-corrected chi connectivity index (χ4v) is 4.19. The van der Waals surface area contributed by atoms with Gasteiger partial charge in [-0.1, -0.05) is 12.1 Å². The van der Waals surface area contributed by atoms with Crippen LogP contribution in [0, 0.1) is 0 Å². The van der Waals surface area contributed by atoms with Gasteiger partial charge in [0.05, 0.1) is 26.9 Å². The molecule has 4 rings (SSSR count). The zero-order valence-corrected chi connectivity index (χ0v) is 16.7. The molecule has 2 N–H and O–H groups in total. The van der Waals surface area contributed by atoms with Gasteiger partial charge in [-0.25, -0.2) is 0 Å². The van der Waals surface area contributed by atoms with Gasteiger partial charge >= 0.3 is 0 Å². The lowest BCUT2D eigenvalue weighted by molar-refractivity contribution is -0.121. The SMILES string of the molecule is COc1cccc2c(C(=O)N3CCC[C@H]3C(N)=O)nn(CCN3CCOCC3)c12. The van der Waals surface area contributed by atoms with Crippen LogP contribution in [0.4, 0.5) is 0 Å². The van der Waals surface area contributed by atoms with Gasteiger partial charge in [0.15, 0.2) is 5.69 Å². The first kappa shape index (κ1) is 19.7. The zero-order chi connectivity index (χ0) is 20.4. The van der Waals surface area contributed by atoms with Gasteiger partial charge in [-0.05, 0) is 18.9 Å². The Morgan fingerprint density at radius 2 is 2.03 bits per heavy atom. The molecule has 29 heavy (non-hydrogen) atoms. The number of hydrogen-bond acceptors (Lipinski definition) is 6. The number of benzene rings is 1. The maximum Gasteiger partial charge on any atom is 0.275 e. The van der Waals surface area contributed by atoms with Crippen LogP contribution in [0.25, 0.3) is 10.9 Å². The quantitative estimate of drug-likeness (QED) is 0.755. The third-order valence-electron chi connectivity index (χ3n) is 5.73. The van der Waals surface area contributed by atoms with Crippen molar-refractivity contribution in [1.82, 2.24) is 19.6 Å². The highest BCUT2D eigenvalue weighted by molar-refractivity contribution is 6.07. The molecule has 2 saturated heterocycles. The van der Waals surface area contributed by atoms with Crippen LogP contribution in [-0.4, -0.2) is 83.9 Å². The van der Waals surface area contributed by atoms with Crippen LogP contribution in [-0.2, 0) is 16.1 Å². The van der Waals surface area contributed by atoms with E-state index in [-0.39, 0.29) is 5.91 Å². The molecular formula is C20H27N5O4. The lowest BCUT2D eigenvalue weighted by Gasteiger charge is -2.26. The number of carbonyl (C=O) groups is 2. The van der Waals surface area contributed by atoms with Crippen molar-refractivity contribution in [2.75, 3.05) is 46.5 Å². The summed E-state index contributed by atoms with van der Waals surface area (Å²) in [4.78, 5) is 28.9. The zero-order valence-electron chi connectivity index (χ0n) is 16.7. The van der Waals surface area contributed by atoms with E-state index in [9.17, 15) is 9.59 Å². The predicted molar refractivity (Wildman–Crippen MR) is 107 cm³/mol. The van der Waals surface area contributed by atoms with Crippen LogP contribution in [0.1, 0.15) is 23.3 Å². The second-order valence-corrected chi connectivity index (χ2v) is 7.44. The Labute approximate surface area is 169 Å². The van der Waals surface area contributed by atoms with Crippen molar-refractivity contribution in [2.24, 2.45) is 5.73 Å². The number of morpholine rings is 1. The van der Waals surface area contributed by atoms with Gasteiger partial charge in [-0.3, -0.25) is 19.2 Å². The first-order valence-corrected chi connectivity index (χ1v) is 10.0. The summed E-state index contributed by atoms with van der Waals surface area (Å²) in [5.74, 6) is -0.0527. The Bertz CT molecular complexity index is 906. The lowest BCUT2D eigenvalue weighted by atomic mass is 10.1. The molecule has 0 unspecified atom stereocenters. The van der Waals surface area contributed by atoms with Gasteiger partial charge in [0, 0.05) is 31.6 Å². The van der Waals surface area contributed by atoms with Crippen LogP contribution in [0.15, 0.2) is 18.2 Å². The molecule has 0 aliphatic carbocycles. The highest BCUT2D eigenvalue weighted by atomic mass is 16.5. The van der Waals surface area contributed by atoms with Crippen molar-refractivity contribution in [3.8, 4) is 5.75 Å². The Morgan fingerprint density at radius 1 is 1.24 bits per heavy atom. The van der Waals surface area contributed by atoms with Crippen molar-refractivity contribution < 1.29 is 19.1 Å². The van der Waals surface area contributed by atoms with E-state index < -0.39 is 11.9 Å². The molecule has 0 bridgehead atoms. The number of aromatic nitrogens is 2. The summed E-state index contributed by atoms with van der Waals surface area (Å²) in [6.07, 6.45) is 1.36. The summed E-state index contributed by atoms with van der Waals surface area (Å²) >= 11 is 0. The van der Waals surface area contributed by atoms with Crippen LogP contribution in [0.2, 0.25) is 0 Å². The first-order chi connectivity index (χ1) is 14.1. The van der Waals surface area contributed by atoms with E-state index in [0.29, 0.717) is 31.0 Å². The van der Waals surface area contributed by atoms with Crippen LogP contribution in [0.5, 0.6) is 5.75 Å². The molecule has 0 spiro atoms. The number of nitrogens with zero attached hydrogens (tertiary/aromatic N) is 4. The van der Waals surface area contributed by atoms with Crippen molar-refractivity contribution in [3.63, 3.8) is 0 Å². The van der Waals surface area contributed by atoms with Gasteiger partial charge < -0.3 is 20.1 Å². The molecule has 2 aliphatic heterocycles. The number of rotatable bonds is 6. The molecule has 2 fully saturated rings. The fraction of sp³-hybridized carbons (Fsp3) is 0.550. The predicted octanol–water partition coefficient (Wildman–Crippen LogP) is 0.467. The summed E-state index contributed by atoms with van der Waals surface area (Å²) in [5, 5.41) is 5.38. The highest BCUT2D eigenvalue weighted by Gasteiger charge is 2.35. The number of methoxy groups -OCH3 is 1. The molecule has 2 amide bonds. The van der Waals surface area contributed by atoms with Crippen LogP contribution in [0.3, 0.4) is 0 Å². The molecule has 3 heterocycles. The first-order valence-electron chi connectivity index (χ1n) is 10.0. The van der Waals surface area contributed by atoms with E-state index in [2.05, 4.69) is 10.00 Å². The van der Waals surface area contributed by atoms with Crippen molar-refractivity contribution >= 4 is 22.7 Å². The second kappa shape index (κ2) is 8.38.